The number of primary amides is 1. The Hall–Kier alpha value is -3.80. The predicted molar refractivity (Wildman–Crippen MR) is 107 cm³/mol. The SMILES string of the molecule is Cc1ccc(Cn2c(C(=O)Nc3cccc(C(N)=O)c3)cc3occc32)cc1. The Balaban J connectivity index is 1.67. The van der Waals surface area contributed by atoms with E-state index in [1.807, 2.05) is 41.8 Å². The number of carbonyl (C=O) groups excluding carboxylic acids is 2. The number of benzene rings is 2. The van der Waals surface area contributed by atoms with Crippen LogP contribution in [-0.4, -0.2) is 16.4 Å². The van der Waals surface area contributed by atoms with Crippen LogP contribution in [0.4, 0.5) is 5.69 Å². The van der Waals surface area contributed by atoms with E-state index in [1.165, 1.54) is 5.56 Å². The molecule has 2 amide bonds. The monoisotopic (exact) mass is 373 g/mol. The maximum atomic E-state index is 12.9. The number of nitrogens with zero attached hydrogens (tertiary/aromatic N) is 1. The zero-order valence-corrected chi connectivity index (χ0v) is 15.3. The number of hydrogen-bond acceptors (Lipinski definition) is 3. The third-order valence-electron chi connectivity index (χ3n) is 4.62. The van der Waals surface area contributed by atoms with Gasteiger partial charge in [0, 0.05) is 29.9 Å². The first-order chi connectivity index (χ1) is 13.5. The molecular weight excluding hydrogens is 354 g/mol. The molecule has 0 aliphatic carbocycles. The van der Waals surface area contributed by atoms with Crippen LogP contribution in [0, 0.1) is 6.92 Å². The zero-order chi connectivity index (χ0) is 19.7. The average molecular weight is 373 g/mol. The number of nitrogens with two attached hydrogens (primary N) is 1. The summed E-state index contributed by atoms with van der Waals surface area (Å²) in [4.78, 5) is 24.3. The van der Waals surface area contributed by atoms with Crippen LogP contribution in [0.5, 0.6) is 0 Å². The number of nitrogens with one attached hydrogen (secondary N) is 1. The maximum Gasteiger partial charge on any atom is 0.272 e. The quantitative estimate of drug-likeness (QED) is 0.555. The third-order valence-corrected chi connectivity index (χ3v) is 4.62. The largest absolute Gasteiger partial charge is 0.463 e. The van der Waals surface area contributed by atoms with E-state index < -0.39 is 5.91 Å². The van der Waals surface area contributed by atoms with Gasteiger partial charge < -0.3 is 20.0 Å². The smallest absolute Gasteiger partial charge is 0.272 e. The Morgan fingerprint density at radius 3 is 2.61 bits per heavy atom. The first kappa shape index (κ1) is 17.6. The Kier molecular flexibility index (Phi) is 4.45. The van der Waals surface area contributed by atoms with Gasteiger partial charge in [-0.25, -0.2) is 0 Å². The molecule has 0 saturated heterocycles. The number of aryl methyl sites for hydroxylation is 1. The van der Waals surface area contributed by atoms with Gasteiger partial charge in [0.25, 0.3) is 5.91 Å². The molecule has 0 aliphatic heterocycles. The van der Waals surface area contributed by atoms with Crippen molar-refractivity contribution in [3.63, 3.8) is 0 Å². The van der Waals surface area contributed by atoms with Gasteiger partial charge in [0.05, 0.1) is 11.8 Å². The highest BCUT2D eigenvalue weighted by Gasteiger charge is 2.18. The first-order valence-corrected chi connectivity index (χ1v) is 8.85. The maximum absolute atomic E-state index is 12.9. The fraction of sp³-hybridized carbons (Fsp3) is 0.0909. The Labute approximate surface area is 161 Å². The van der Waals surface area contributed by atoms with Gasteiger partial charge in [-0.1, -0.05) is 35.9 Å². The van der Waals surface area contributed by atoms with E-state index in [-0.39, 0.29) is 5.91 Å². The van der Waals surface area contributed by atoms with Gasteiger partial charge in [0.15, 0.2) is 5.58 Å². The molecule has 3 N–H and O–H groups in total. The lowest BCUT2D eigenvalue weighted by molar-refractivity contribution is 0.0995. The van der Waals surface area contributed by atoms with Crippen LogP contribution in [0.3, 0.4) is 0 Å². The molecule has 0 bridgehead atoms. The van der Waals surface area contributed by atoms with Gasteiger partial charge >= 0.3 is 0 Å². The summed E-state index contributed by atoms with van der Waals surface area (Å²) in [5.74, 6) is -0.837. The molecule has 0 unspecified atom stereocenters. The van der Waals surface area contributed by atoms with Crippen molar-refractivity contribution >= 4 is 28.6 Å². The number of furan rings is 1. The molecule has 2 heterocycles. The predicted octanol–water partition coefficient (Wildman–Crippen LogP) is 3.94. The summed E-state index contributed by atoms with van der Waals surface area (Å²) < 4.78 is 7.40. The van der Waals surface area contributed by atoms with Gasteiger partial charge in [-0.2, -0.15) is 0 Å². The second-order valence-corrected chi connectivity index (χ2v) is 6.67. The summed E-state index contributed by atoms with van der Waals surface area (Å²) in [5, 5.41) is 2.83. The molecule has 2 aromatic carbocycles. The van der Waals surface area contributed by atoms with E-state index in [1.54, 1.807) is 36.6 Å². The number of amides is 2. The summed E-state index contributed by atoms with van der Waals surface area (Å²) in [6, 6.07) is 18.3. The van der Waals surface area contributed by atoms with Gasteiger partial charge in [-0.3, -0.25) is 9.59 Å². The Morgan fingerprint density at radius 2 is 1.86 bits per heavy atom. The second kappa shape index (κ2) is 7.08. The van der Waals surface area contributed by atoms with E-state index in [0.717, 1.165) is 11.1 Å². The van der Waals surface area contributed by atoms with Gasteiger partial charge in [0.1, 0.15) is 5.69 Å². The van der Waals surface area contributed by atoms with Crippen LogP contribution in [-0.2, 0) is 6.54 Å². The van der Waals surface area contributed by atoms with Crippen molar-refractivity contribution in [1.29, 1.82) is 0 Å². The minimum atomic E-state index is -0.545. The van der Waals surface area contributed by atoms with Crippen LogP contribution in [0.1, 0.15) is 32.0 Å². The van der Waals surface area contributed by atoms with Crippen molar-refractivity contribution < 1.29 is 14.0 Å². The van der Waals surface area contributed by atoms with Crippen molar-refractivity contribution in [3.05, 3.63) is 89.3 Å². The minimum absolute atomic E-state index is 0.292. The molecule has 0 atom stereocenters. The van der Waals surface area contributed by atoms with Gasteiger partial charge in [-0.15, -0.1) is 0 Å². The molecule has 0 aliphatic rings. The molecule has 0 radical (unpaired) electrons. The fourth-order valence-electron chi connectivity index (χ4n) is 3.16. The normalized spacial score (nSPS) is 10.9. The highest BCUT2D eigenvalue weighted by Crippen LogP contribution is 2.24. The number of aromatic nitrogens is 1. The molecule has 0 saturated carbocycles. The van der Waals surface area contributed by atoms with Crippen LogP contribution in [0.2, 0.25) is 0 Å². The average Bonchev–Trinajstić information content (AvgIpc) is 3.26. The lowest BCUT2D eigenvalue weighted by Gasteiger charge is -2.11. The van der Waals surface area contributed by atoms with Crippen molar-refractivity contribution in [2.45, 2.75) is 13.5 Å². The first-order valence-electron chi connectivity index (χ1n) is 8.85. The molecule has 4 rings (SSSR count). The van der Waals surface area contributed by atoms with E-state index in [2.05, 4.69) is 5.32 Å². The summed E-state index contributed by atoms with van der Waals surface area (Å²) in [7, 11) is 0. The fourth-order valence-corrected chi connectivity index (χ4v) is 3.16. The molecule has 4 aromatic rings. The lowest BCUT2D eigenvalue weighted by Crippen LogP contribution is -2.18. The third kappa shape index (κ3) is 3.40. The highest BCUT2D eigenvalue weighted by molar-refractivity contribution is 6.06. The highest BCUT2D eigenvalue weighted by atomic mass is 16.3. The Bertz CT molecular complexity index is 1170. The molecule has 2 aromatic heterocycles. The molecule has 140 valence electrons. The summed E-state index contributed by atoms with van der Waals surface area (Å²) in [5.41, 5.74) is 10.4. The van der Waals surface area contributed by atoms with E-state index in [0.29, 0.717) is 29.1 Å². The van der Waals surface area contributed by atoms with Crippen molar-refractivity contribution in [3.8, 4) is 0 Å². The van der Waals surface area contributed by atoms with Crippen LogP contribution in [0.15, 0.2) is 71.3 Å². The zero-order valence-electron chi connectivity index (χ0n) is 15.3. The van der Waals surface area contributed by atoms with Gasteiger partial charge in [-0.05, 0) is 30.7 Å². The lowest BCUT2D eigenvalue weighted by atomic mass is 10.1. The molecule has 28 heavy (non-hydrogen) atoms. The van der Waals surface area contributed by atoms with Crippen LogP contribution < -0.4 is 11.1 Å². The number of rotatable bonds is 5. The molecule has 0 fully saturated rings. The Morgan fingerprint density at radius 1 is 1.07 bits per heavy atom. The number of carbonyl (C=O) groups is 2. The molecular formula is C22H19N3O3. The topological polar surface area (TPSA) is 90.3 Å². The van der Waals surface area contributed by atoms with Crippen LogP contribution >= 0.6 is 0 Å². The number of hydrogen-bond donors (Lipinski definition) is 2. The van der Waals surface area contributed by atoms with Crippen molar-refractivity contribution in [2.75, 3.05) is 5.32 Å². The van der Waals surface area contributed by atoms with E-state index >= 15 is 0 Å². The number of anilines is 1. The number of fused-ring (bicyclic) bond motifs is 1. The minimum Gasteiger partial charge on any atom is -0.463 e. The van der Waals surface area contributed by atoms with Crippen LogP contribution in [0.25, 0.3) is 11.1 Å². The summed E-state index contributed by atoms with van der Waals surface area (Å²) in [6.07, 6.45) is 1.61. The van der Waals surface area contributed by atoms with E-state index in [9.17, 15) is 9.59 Å². The van der Waals surface area contributed by atoms with E-state index in [4.69, 9.17) is 10.2 Å². The molecule has 6 heteroatoms. The molecule has 0 spiro atoms. The second-order valence-electron chi connectivity index (χ2n) is 6.67. The van der Waals surface area contributed by atoms with Gasteiger partial charge in [0.2, 0.25) is 5.91 Å². The van der Waals surface area contributed by atoms with Crippen molar-refractivity contribution in [1.82, 2.24) is 4.57 Å². The van der Waals surface area contributed by atoms with Crippen molar-refractivity contribution in [2.24, 2.45) is 5.73 Å². The summed E-state index contributed by atoms with van der Waals surface area (Å²) in [6.45, 7) is 2.57. The standard InChI is InChI=1S/C22H19N3O3/c1-14-5-7-15(8-6-14)13-25-18-9-10-28-20(18)12-19(25)22(27)24-17-4-2-3-16(11-17)21(23)26/h2-12H,13H2,1H3,(H2,23,26)(H,24,27). The molecule has 6 nitrogen and oxygen atoms in total. The summed E-state index contributed by atoms with van der Waals surface area (Å²) >= 11 is 0.